The highest BCUT2D eigenvalue weighted by molar-refractivity contribution is 6.01. The summed E-state index contributed by atoms with van der Waals surface area (Å²) in [5, 5.41) is 9.73. The first-order valence-corrected chi connectivity index (χ1v) is 6.60. The van der Waals surface area contributed by atoms with Gasteiger partial charge in [0.15, 0.2) is 5.78 Å². The van der Waals surface area contributed by atoms with Gasteiger partial charge in [0.2, 0.25) is 0 Å². The van der Waals surface area contributed by atoms with Crippen molar-refractivity contribution in [2.45, 2.75) is 33.0 Å². The van der Waals surface area contributed by atoms with Crippen molar-refractivity contribution in [2.24, 2.45) is 0 Å². The number of benzene rings is 1. The van der Waals surface area contributed by atoms with Crippen molar-refractivity contribution in [1.82, 2.24) is 0 Å². The Morgan fingerprint density at radius 1 is 1.38 bits per heavy atom. The van der Waals surface area contributed by atoms with E-state index in [9.17, 15) is 14.7 Å². The minimum atomic E-state index is -1.44. The highest BCUT2D eigenvalue weighted by atomic mass is 16.5. The Balaban J connectivity index is 2.76. The van der Waals surface area contributed by atoms with Crippen LogP contribution in [0.1, 0.15) is 36.7 Å². The highest BCUT2D eigenvalue weighted by Crippen LogP contribution is 2.15. The molecule has 0 atom stereocenters. The van der Waals surface area contributed by atoms with Gasteiger partial charge in [-0.1, -0.05) is 36.9 Å². The van der Waals surface area contributed by atoms with Crippen LogP contribution in [0.15, 0.2) is 48.6 Å². The Labute approximate surface area is 124 Å². The molecule has 0 bridgehead atoms. The number of Topliss-reactive ketones (excluding diaryl/α,β-unsaturated/α-hetero) is 1. The van der Waals surface area contributed by atoms with Crippen LogP contribution in [0, 0.1) is 0 Å². The van der Waals surface area contributed by atoms with Crippen LogP contribution in [0.3, 0.4) is 0 Å². The number of ether oxygens (including phenoxy) is 1. The normalized spacial score (nSPS) is 11.4. The third-order valence-electron chi connectivity index (χ3n) is 2.74. The Morgan fingerprint density at radius 2 is 2.05 bits per heavy atom. The molecule has 1 aromatic rings. The fourth-order valence-corrected chi connectivity index (χ4v) is 1.67. The molecule has 0 unspecified atom stereocenters. The summed E-state index contributed by atoms with van der Waals surface area (Å²) in [6.45, 7) is 8.28. The molecule has 0 amide bonds. The number of carbonyl (C=O) groups is 2. The van der Waals surface area contributed by atoms with Crippen LogP contribution in [-0.4, -0.2) is 22.5 Å². The molecular weight excluding hydrogens is 268 g/mol. The number of allylic oxidation sites excluding steroid dienone is 1. The van der Waals surface area contributed by atoms with Gasteiger partial charge in [0.05, 0.1) is 5.57 Å². The van der Waals surface area contributed by atoms with E-state index in [2.05, 4.69) is 6.58 Å². The van der Waals surface area contributed by atoms with E-state index in [1.165, 1.54) is 13.8 Å². The highest BCUT2D eigenvalue weighted by Gasteiger charge is 2.25. The third-order valence-corrected chi connectivity index (χ3v) is 2.74. The number of esters is 1. The van der Waals surface area contributed by atoms with E-state index >= 15 is 0 Å². The topological polar surface area (TPSA) is 63.6 Å². The van der Waals surface area contributed by atoms with Gasteiger partial charge >= 0.3 is 5.97 Å². The molecule has 4 nitrogen and oxygen atoms in total. The van der Waals surface area contributed by atoms with Crippen molar-refractivity contribution < 1.29 is 19.4 Å². The minimum absolute atomic E-state index is 0.0440. The molecule has 0 saturated carbocycles. The zero-order valence-corrected chi connectivity index (χ0v) is 12.6. The zero-order valence-electron chi connectivity index (χ0n) is 12.6. The van der Waals surface area contributed by atoms with Crippen LogP contribution in [-0.2, 0) is 16.1 Å². The summed E-state index contributed by atoms with van der Waals surface area (Å²) in [4.78, 5) is 23.6. The molecular formula is C17H20O4. The van der Waals surface area contributed by atoms with Crippen LogP contribution >= 0.6 is 0 Å². The van der Waals surface area contributed by atoms with Crippen molar-refractivity contribution in [3.63, 3.8) is 0 Å². The summed E-state index contributed by atoms with van der Waals surface area (Å²) in [6.07, 6.45) is 3.27. The monoisotopic (exact) mass is 288 g/mol. The minimum Gasteiger partial charge on any atom is -0.457 e. The Morgan fingerprint density at radius 3 is 2.62 bits per heavy atom. The molecule has 0 saturated heterocycles. The number of hydrogen-bond acceptors (Lipinski definition) is 4. The molecule has 1 rings (SSSR count). The van der Waals surface area contributed by atoms with Gasteiger partial charge in [-0.25, -0.2) is 4.79 Å². The van der Waals surface area contributed by atoms with Gasteiger partial charge in [-0.15, -0.1) is 0 Å². The summed E-state index contributed by atoms with van der Waals surface area (Å²) >= 11 is 0. The molecule has 4 heteroatoms. The lowest BCUT2D eigenvalue weighted by Gasteiger charge is -2.16. The van der Waals surface area contributed by atoms with E-state index in [4.69, 9.17) is 4.74 Å². The average molecular weight is 288 g/mol. The number of rotatable bonds is 6. The first kappa shape index (κ1) is 16.9. The van der Waals surface area contributed by atoms with Crippen molar-refractivity contribution in [3.05, 3.63) is 59.7 Å². The lowest BCUT2D eigenvalue weighted by molar-refractivity contribution is -0.139. The van der Waals surface area contributed by atoms with Gasteiger partial charge in [0.25, 0.3) is 0 Å². The average Bonchev–Trinajstić information content (AvgIpc) is 2.43. The van der Waals surface area contributed by atoms with Crippen LogP contribution in [0.4, 0.5) is 0 Å². The molecule has 0 aliphatic rings. The predicted octanol–water partition coefficient (Wildman–Crippen LogP) is 2.82. The second-order valence-corrected chi connectivity index (χ2v) is 5.19. The molecule has 112 valence electrons. The van der Waals surface area contributed by atoms with Crippen molar-refractivity contribution in [1.29, 1.82) is 0 Å². The second kappa shape index (κ2) is 6.99. The molecule has 1 N–H and O–H groups in total. The molecule has 0 spiro atoms. The van der Waals surface area contributed by atoms with Crippen LogP contribution in [0.5, 0.6) is 0 Å². The fourth-order valence-electron chi connectivity index (χ4n) is 1.67. The van der Waals surface area contributed by atoms with E-state index in [0.29, 0.717) is 11.1 Å². The quantitative estimate of drug-likeness (QED) is 0.378. The Hall–Kier alpha value is -2.20. The van der Waals surface area contributed by atoms with Gasteiger partial charge in [0, 0.05) is 5.56 Å². The third kappa shape index (κ3) is 5.00. The Kier molecular flexibility index (Phi) is 5.61. The smallest absolute Gasteiger partial charge is 0.337 e. The molecule has 0 heterocycles. The summed E-state index contributed by atoms with van der Waals surface area (Å²) in [7, 11) is 0. The SMILES string of the molecule is C=C(/C=C\C)C(=O)OCc1cccc(C(=O)C(C)(C)O)c1. The largest absolute Gasteiger partial charge is 0.457 e. The van der Waals surface area contributed by atoms with E-state index < -0.39 is 11.6 Å². The maximum atomic E-state index is 12.0. The molecule has 1 aromatic carbocycles. The van der Waals surface area contributed by atoms with E-state index in [0.717, 1.165) is 0 Å². The van der Waals surface area contributed by atoms with E-state index in [-0.39, 0.29) is 18.0 Å². The van der Waals surface area contributed by atoms with Crippen LogP contribution in [0.2, 0.25) is 0 Å². The van der Waals surface area contributed by atoms with Gasteiger partial charge in [-0.05, 0) is 32.4 Å². The van der Waals surface area contributed by atoms with Crippen molar-refractivity contribution in [2.75, 3.05) is 0 Å². The van der Waals surface area contributed by atoms with Gasteiger partial charge in [-0.3, -0.25) is 4.79 Å². The second-order valence-electron chi connectivity index (χ2n) is 5.19. The molecule has 0 aliphatic heterocycles. The summed E-state index contributed by atoms with van der Waals surface area (Å²) < 4.78 is 5.10. The van der Waals surface area contributed by atoms with Crippen molar-refractivity contribution in [3.8, 4) is 0 Å². The molecule has 21 heavy (non-hydrogen) atoms. The van der Waals surface area contributed by atoms with E-state index in [1.54, 1.807) is 43.3 Å². The maximum absolute atomic E-state index is 12.0. The lowest BCUT2D eigenvalue weighted by Crippen LogP contribution is -2.31. The van der Waals surface area contributed by atoms with Crippen molar-refractivity contribution >= 4 is 11.8 Å². The van der Waals surface area contributed by atoms with Crippen LogP contribution < -0.4 is 0 Å². The molecule has 0 radical (unpaired) electrons. The lowest BCUT2D eigenvalue weighted by atomic mass is 9.96. The first-order valence-electron chi connectivity index (χ1n) is 6.60. The zero-order chi connectivity index (χ0) is 16.0. The standard InChI is InChI=1S/C17H20O4/c1-5-7-12(2)16(19)21-11-13-8-6-9-14(10-13)15(18)17(3,4)20/h5-10,20H,2,11H2,1,3-4H3/b7-5-. The summed E-state index contributed by atoms with van der Waals surface area (Å²) in [5.74, 6) is -0.888. The molecule has 0 aromatic heterocycles. The van der Waals surface area contributed by atoms with Crippen LogP contribution in [0.25, 0.3) is 0 Å². The Bertz CT molecular complexity index is 577. The summed E-state index contributed by atoms with van der Waals surface area (Å²) in [6, 6.07) is 6.64. The number of aliphatic hydroxyl groups is 1. The van der Waals surface area contributed by atoms with Gasteiger partial charge in [-0.2, -0.15) is 0 Å². The van der Waals surface area contributed by atoms with Gasteiger partial charge < -0.3 is 9.84 Å². The predicted molar refractivity (Wildman–Crippen MR) is 80.8 cm³/mol. The maximum Gasteiger partial charge on any atom is 0.337 e. The van der Waals surface area contributed by atoms with E-state index in [1.807, 2.05) is 0 Å². The van der Waals surface area contributed by atoms with Gasteiger partial charge in [0.1, 0.15) is 12.2 Å². The molecule has 0 aliphatic carbocycles. The number of hydrogen-bond donors (Lipinski definition) is 1. The number of ketones is 1. The molecule has 0 fully saturated rings. The fraction of sp³-hybridized carbons (Fsp3) is 0.294. The number of carbonyl (C=O) groups excluding carboxylic acids is 2. The summed E-state index contributed by atoms with van der Waals surface area (Å²) in [5.41, 5.74) is -0.119. The first-order chi connectivity index (χ1) is 9.75.